The van der Waals surface area contributed by atoms with Crippen LogP contribution in [0.3, 0.4) is 0 Å². The Morgan fingerprint density at radius 1 is 1.40 bits per heavy atom. The van der Waals surface area contributed by atoms with E-state index in [1.807, 2.05) is 0 Å². The quantitative estimate of drug-likeness (QED) is 0.735. The number of hydrogen-bond donors (Lipinski definition) is 1. The molecule has 0 amide bonds. The van der Waals surface area contributed by atoms with Crippen LogP contribution in [-0.4, -0.2) is 20.3 Å². The van der Waals surface area contributed by atoms with Gasteiger partial charge in [-0.15, -0.1) is 0 Å². The number of hydrogen-bond acceptors (Lipinski definition) is 2. The largest absolute Gasteiger partial charge is 0.490 e. The van der Waals surface area contributed by atoms with E-state index in [1.54, 1.807) is 19.2 Å². The molecule has 0 aliphatic heterocycles. The van der Waals surface area contributed by atoms with Gasteiger partial charge >= 0.3 is 0 Å². The second-order valence-corrected chi connectivity index (χ2v) is 3.15. The smallest absolute Gasteiger partial charge is 0.165 e. The summed E-state index contributed by atoms with van der Waals surface area (Å²) in [7, 11) is 1.77. The number of ether oxygens (including phenoxy) is 1. The van der Waals surface area contributed by atoms with Crippen LogP contribution in [0.5, 0.6) is 5.75 Å². The van der Waals surface area contributed by atoms with Gasteiger partial charge in [-0.1, -0.05) is 12.1 Å². The third kappa shape index (κ3) is 3.47. The molecule has 0 aliphatic carbocycles. The normalized spacial score (nSPS) is 10.3. The molecular weight excluding hydrogens is 200 g/mol. The zero-order chi connectivity index (χ0) is 11.1. The van der Waals surface area contributed by atoms with E-state index in [2.05, 4.69) is 5.32 Å². The number of alkyl halides is 1. The molecular formula is C11H15F2NO. The van der Waals surface area contributed by atoms with Crippen molar-refractivity contribution in [1.29, 1.82) is 0 Å². The SMILES string of the molecule is CNCc1cccc(F)c1OCCCF. The van der Waals surface area contributed by atoms with Gasteiger partial charge in [-0.25, -0.2) is 4.39 Å². The van der Waals surface area contributed by atoms with Crippen LogP contribution in [0.2, 0.25) is 0 Å². The van der Waals surface area contributed by atoms with Crippen LogP contribution < -0.4 is 10.1 Å². The standard InChI is InChI=1S/C11H15F2NO/c1-14-8-9-4-2-5-10(13)11(9)15-7-3-6-12/h2,4-5,14H,3,6-8H2,1H3. The van der Waals surface area contributed by atoms with Crippen molar-refractivity contribution in [1.82, 2.24) is 5.32 Å². The lowest BCUT2D eigenvalue weighted by molar-refractivity contribution is 0.274. The highest BCUT2D eigenvalue weighted by molar-refractivity contribution is 5.34. The lowest BCUT2D eigenvalue weighted by atomic mass is 10.2. The Hall–Kier alpha value is -1.16. The summed E-state index contributed by atoms with van der Waals surface area (Å²) in [5, 5.41) is 2.92. The van der Waals surface area contributed by atoms with Crippen LogP contribution in [0, 0.1) is 5.82 Å². The summed E-state index contributed by atoms with van der Waals surface area (Å²) < 4.78 is 30.4. The Labute approximate surface area is 88.3 Å². The molecule has 0 spiro atoms. The maximum absolute atomic E-state index is 13.4. The molecule has 0 bridgehead atoms. The Kier molecular flexibility index (Phi) is 5.04. The number of halogens is 2. The van der Waals surface area contributed by atoms with E-state index >= 15 is 0 Å². The maximum Gasteiger partial charge on any atom is 0.165 e. The first-order valence-electron chi connectivity index (χ1n) is 4.90. The van der Waals surface area contributed by atoms with Gasteiger partial charge in [-0.3, -0.25) is 4.39 Å². The van der Waals surface area contributed by atoms with Crippen LogP contribution in [0.15, 0.2) is 18.2 Å². The highest BCUT2D eigenvalue weighted by Crippen LogP contribution is 2.22. The van der Waals surface area contributed by atoms with Crippen LogP contribution >= 0.6 is 0 Å². The van der Waals surface area contributed by atoms with Crippen LogP contribution in [0.4, 0.5) is 8.78 Å². The Morgan fingerprint density at radius 3 is 2.87 bits per heavy atom. The predicted octanol–water partition coefficient (Wildman–Crippen LogP) is 2.28. The molecule has 84 valence electrons. The van der Waals surface area contributed by atoms with Crippen molar-refractivity contribution >= 4 is 0 Å². The Balaban J connectivity index is 2.72. The highest BCUT2D eigenvalue weighted by Gasteiger charge is 2.08. The number of rotatable bonds is 6. The van der Waals surface area contributed by atoms with Gasteiger partial charge in [0.1, 0.15) is 0 Å². The average molecular weight is 215 g/mol. The highest BCUT2D eigenvalue weighted by atomic mass is 19.1. The molecule has 15 heavy (non-hydrogen) atoms. The summed E-state index contributed by atoms with van der Waals surface area (Å²) in [6.07, 6.45) is 0.285. The van der Waals surface area contributed by atoms with Crippen molar-refractivity contribution in [3.05, 3.63) is 29.6 Å². The number of benzene rings is 1. The fourth-order valence-electron chi connectivity index (χ4n) is 1.27. The molecule has 0 unspecified atom stereocenters. The van der Waals surface area contributed by atoms with Gasteiger partial charge in [0, 0.05) is 18.5 Å². The van der Waals surface area contributed by atoms with Crippen molar-refractivity contribution in [2.45, 2.75) is 13.0 Å². The number of nitrogens with one attached hydrogen (secondary N) is 1. The molecule has 1 aromatic carbocycles. The summed E-state index contributed by atoms with van der Waals surface area (Å²) >= 11 is 0. The average Bonchev–Trinajstić information content (AvgIpc) is 2.23. The molecule has 0 aromatic heterocycles. The summed E-state index contributed by atoms with van der Waals surface area (Å²) in [5.74, 6) is -0.179. The fraction of sp³-hybridized carbons (Fsp3) is 0.455. The second-order valence-electron chi connectivity index (χ2n) is 3.15. The number of para-hydroxylation sites is 1. The molecule has 1 N–H and O–H groups in total. The van der Waals surface area contributed by atoms with E-state index in [0.29, 0.717) is 6.54 Å². The van der Waals surface area contributed by atoms with Crippen LogP contribution in [0.1, 0.15) is 12.0 Å². The first-order chi connectivity index (χ1) is 7.29. The second kappa shape index (κ2) is 6.35. The van der Waals surface area contributed by atoms with E-state index in [4.69, 9.17) is 4.74 Å². The molecule has 0 heterocycles. The molecule has 1 rings (SSSR count). The lowest BCUT2D eigenvalue weighted by Gasteiger charge is -2.11. The third-order valence-electron chi connectivity index (χ3n) is 1.94. The van der Waals surface area contributed by atoms with Crippen molar-refractivity contribution < 1.29 is 13.5 Å². The molecule has 0 fully saturated rings. The van der Waals surface area contributed by atoms with Gasteiger partial charge < -0.3 is 10.1 Å². The van der Waals surface area contributed by atoms with Gasteiger partial charge in [0.2, 0.25) is 0 Å². The lowest BCUT2D eigenvalue weighted by Crippen LogP contribution is -2.09. The molecule has 0 saturated heterocycles. The minimum Gasteiger partial charge on any atom is -0.490 e. The molecule has 0 aliphatic rings. The van der Waals surface area contributed by atoms with E-state index < -0.39 is 12.5 Å². The van der Waals surface area contributed by atoms with Crippen molar-refractivity contribution in [3.8, 4) is 5.75 Å². The monoisotopic (exact) mass is 215 g/mol. The van der Waals surface area contributed by atoms with Gasteiger partial charge in [0.25, 0.3) is 0 Å². The molecule has 0 atom stereocenters. The summed E-state index contributed by atoms with van der Waals surface area (Å²) in [5.41, 5.74) is 0.747. The minimum atomic E-state index is -0.449. The van der Waals surface area contributed by atoms with Gasteiger partial charge in [0.15, 0.2) is 11.6 Å². The summed E-state index contributed by atoms with van der Waals surface area (Å²) in [6.45, 7) is 0.284. The first-order valence-corrected chi connectivity index (χ1v) is 4.90. The van der Waals surface area contributed by atoms with E-state index in [9.17, 15) is 8.78 Å². The van der Waals surface area contributed by atoms with E-state index in [-0.39, 0.29) is 18.8 Å². The topological polar surface area (TPSA) is 21.3 Å². The van der Waals surface area contributed by atoms with Crippen LogP contribution in [-0.2, 0) is 6.54 Å². The van der Waals surface area contributed by atoms with Crippen LogP contribution in [0.25, 0.3) is 0 Å². The van der Waals surface area contributed by atoms with E-state index in [1.165, 1.54) is 6.07 Å². The van der Waals surface area contributed by atoms with Gasteiger partial charge in [-0.2, -0.15) is 0 Å². The van der Waals surface area contributed by atoms with E-state index in [0.717, 1.165) is 5.56 Å². The van der Waals surface area contributed by atoms with Crippen molar-refractivity contribution in [3.63, 3.8) is 0 Å². The maximum atomic E-state index is 13.4. The summed E-state index contributed by atoms with van der Waals surface area (Å²) in [4.78, 5) is 0. The molecule has 1 aromatic rings. The molecule has 4 heteroatoms. The molecule has 0 saturated carbocycles. The van der Waals surface area contributed by atoms with Crippen molar-refractivity contribution in [2.24, 2.45) is 0 Å². The minimum absolute atomic E-state index is 0.203. The third-order valence-corrected chi connectivity index (χ3v) is 1.94. The Bertz CT molecular complexity index is 305. The molecule has 2 nitrogen and oxygen atoms in total. The zero-order valence-corrected chi connectivity index (χ0v) is 8.72. The van der Waals surface area contributed by atoms with Gasteiger partial charge in [-0.05, 0) is 13.1 Å². The molecule has 0 radical (unpaired) electrons. The zero-order valence-electron chi connectivity index (χ0n) is 8.72. The first kappa shape index (κ1) is 11.9. The Morgan fingerprint density at radius 2 is 2.20 bits per heavy atom. The van der Waals surface area contributed by atoms with Crippen molar-refractivity contribution in [2.75, 3.05) is 20.3 Å². The van der Waals surface area contributed by atoms with Gasteiger partial charge in [0.05, 0.1) is 13.3 Å². The fourth-order valence-corrected chi connectivity index (χ4v) is 1.27. The predicted molar refractivity (Wildman–Crippen MR) is 55.3 cm³/mol. The summed E-state index contributed by atoms with van der Waals surface area (Å²) in [6, 6.07) is 4.75.